The van der Waals surface area contributed by atoms with E-state index >= 15 is 0 Å². The maximum absolute atomic E-state index is 12.7. The lowest BCUT2D eigenvalue weighted by Gasteiger charge is -2.36. The third-order valence-corrected chi connectivity index (χ3v) is 6.46. The highest BCUT2D eigenvalue weighted by molar-refractivity contribution is 7.89. The maximum Gasteiger partial charge on any atom is 0.307 e. The summed E-state index contributed by atoms with van der Waals surface area (Å²) in [4.78, 5) is 13.5. The smallest absolute Gasteiger partial charge is 0.307 e. The molecule has 128 valence electrons. The van der Waals surface area contributed by atoms with Crippen LogP contribution >= 0.6 is 0 Å². The van der Waals surface area contributed by atoms with Crippen LogP contribution in [0, 0.1) is 0 Å². The Hall–Kier alpha value is -0.700. The number of likely N-dealkylation sites (tertiary alicyclic amines) is 1. The van der Waals surface area contributed by atoms with E-state index in [1.165, 1.54) is 0 Å². The van der Waals surface area contributed by atoms with Gasteiger partial charge in [-0.05, 0) is 26.3 Å². The molecule has 22 heavy (non-hydrogen) atoms. The molecule has 2 rings (SSSR count). The van der Waals surface area contributed by atoms with E-state index in [0.717, 1.165) is 13.0 Å². The Morgan fingerprint density at radius 1 is 1.27 bits per heavy atom. The molecule has 0 amide bonds. The van der Waals surface area contributed by atoms with Gasteiger partial charge >= 0.3 is 5.97 Å². The minimum Gasteiger partial charge on any atom is -0.466 e. The van der Waals surface area contributed by atoms with Gasteiger partial charge in [-0.3, -0.25) is 4.79 Å². The average molecular weight is 334 g/mol. The number of rotatable bonds is 6. The molecule has 0 aromatic rings. The summed E-state index contributed by atoms with van der Waals surface area (Å²) in [5.74, 6) is -0.222. The molecule has 2 aliphatic rings. The zero-order valence-corrected chi connectivity index (χ0v) is 14.0. The third-order valence-electron chi connectivity index (χ3n) is 4.15. The second-order valence-corrected chi connectivity index (χ2v) is 7.89. The summed E-state index contributed by atoms with van der Waals surface area (Å²) < 4.78 is 37.0. The number of hydrogen-bond acceptors (Lipinski definition) is 6. The molecule has 0 aromatic carbocycles. The molecule has 7 nitrogen and oxygen atoms in total. The van der Waals surface area contributed by atoms with Crippen molar-refractivity contribution in [2.75, 3.05) is 52.5 Å². The highest BCUT2D eigenvalue weighted by atomic mass is 32.2. The summed E-state index contributed by atoms with van der Waals surface area (Å²) in [6.45, 7) is 5.90. The van der Waals surface area contributed by atoms with Crippen molar-refractivity contribution in [1.29, 1.82) is 0 Å². The van der Waals surface area contributed by atoms with Crippen molar-refractivity contribution in [3.05, 3.63) is 0 Å². The van der Waals surface area contributed by atoms with Crippen molar-refractivity contribution in [2.45, 2.75) is 31.4 Å². The lowest BCUT2D eigenvalue weighted by atomic mass is 10.1. The van der Waals surface area contributed by atoms with Crippen molar-refractivity contribution < 1.29 is 22.7 Å². The second-order valence-electron chi connectivity index (χ2n) is 5.68. The van der Waals surface area contributed by atoms with Crippen LogP contribution in [0.25, 0.3) is 0 Å². The van der Waals surface area contributed by atoms with Gasteiger partial charge in [0.15, 0.2) is 0 Å². The predicted octanol–water partition coefficient (Wildman–Crippen LogP) is 0.0660. The Morgan fingerprint density at radius 3 is 2.68 bits per heavy atom. The number of piperidine rings is 1. The number of nitrogens with zero attached hydrogens (tertiary/aromatic N) is 2. The van der Waals surface area contributed by atoms with Crippen LogP contribution in [0.1, 0.15) is 26.2 Å². The fourth-order valence-corrected chi connectivity index (χ4v) is 4.90. The number of carbonyl (C=O) groups is 1. The first kappa shape index (κ1) is 17.7. The van der Waals surface area contributed by atoms with Gasteiger partial charge in [0, 0.05) is 26.2 Å². The number of hydrogen-bond donors (Lipinski definition) is 0. The fraction of sp³-hybridized carbons (Fsp3) is 0.929. The zero-order valence-electron chi connectivity index (χ0n) is 13.2. The number of sulfonamides is 1. The van der Waals surface area contributed by atoms with Gasteiger partial charge in [-0.15, -0.1) is 0 Å². The van der Waals surface area contributed by atoms with Crippen LogP contribution < -0.4 is 0 Å². The van der Waals surface area contributed by atoms with Crippen LogP contribution in [-0.4, -0.2) is 81.4 Å². The van der Waals surface area contributed by atoms with Crippen molar-refractivity contribution in [3.8, 4) is 0 Å². The molecule has 0 spiro atoms. The second kappa shape index (κ2) is 8.24. The molecule has 2 heterocycles. The fourth-order valence-electron chi connectivity index (χ4n) is 2.95. The molecule has 0 unspecified atom stereocenters. The number of ether oxygens (including phenoxy) is 2. The van der Waals surface area contributed by atoms with Gasteiger partial charge in [-0.25, -0.2) is 8.42 Å². The van der Waals surface area contributed by atoms with Crippen LogP contribution in [0.2, 0.25) is 0 Å². The van der Waals surface area contributed by atoms with Crippen molar-refractivity contribution in [1.82, 2.24) is 9.21 Å². The van der Waals surface area contributed by atoms with E-state index in [1.54, 1.807) is 11.2 Å². The minimum atomic E-state index is -3.27. The molecule has 2 fully saturated rings. The van der Waals surface area contributed by atoms with Gasteiger partial charge in [-0.2, -0.15) is 4.31 Å². The van der Waals surface area contributed by atoms with Crippen molar-refractivity contribution in [3.63, 3.8) is 0 Å². The highest BCUT2D eigenvalue weighted by Crippen LogP contribution is 2.21. The summed E-state index contributed by atoms with van der Waals surface area (Å²) >= 11 is 0. The van der Waals surface area contributed by atoms with E-state index in [1.807, 2.05) is 0 Å². The summed E-state index contributed by atoms with van der Waals surface area (Å²) in [5.41, 5.74) is 0. The van der Waals surface area contributed by atoms with Crippen molar-refractivity contribution in [2.24, 2.45) is 0 Å². The molecule has 1 atom stereocenters. The molecule has 0 aliphatic carbocycles. The van der Waals surface area contributed by atoms with E-state index in [-0.39, 0.29) is 11.2 Å². The standard InChI is InChI=1S/C14H26N2O5S/c1-2-21-14(17)5-7-15-6-3-4-13(12-15)22(18,19)16-8-10-20-11-9-16/h13H,2-12H2,1H3/t13-/m1/s1. The number of carbonyl (C=O) groups excluding carboxylic acids is 1. The first-order valence-corrected chi connectivity index (χ1v) is 9.49. The SMILES string of the molecule is CCOC(=O)CCN1CCC[C@@H](S(=O)(=O)N2CCOCC2)C1. The normalized spacial score (nSPS) is 25.0. The molecular formula is C14H26N2O5S. The molecule has 0 bridgehead atoms. The van der Waals surface area contributed by atoms with Gasteiger partial charge in [-0.1, -0.05) is 0 Å². The van der Waals surface area contributed by atoms with Gasteiger partial charge in [0.1, 0.15) is 0 Å². The molecule has 0 aromatic heterocycles. The summed E-state index contributed by atoms with van der Waals surface area (Å²) in [7, 11) is -3.27. The number of morpholine rings is 1. The Labute approximate surface area is 132 Å². The van der Waals surface area contributed by atoms with E-state index in [0.29, 0.717) is 58.8 Å². The number of esters is 1. The minimum absolute atomic E-state index is 0.222. The summed E-state index contributed by atoms with van der Waals surface area (Å²) in [6.07, 6.45) is 1.85. The quantitative estimate of drug-likeness (QED) is 0.640. The largest absolute Gasteiger partial charge is 0.466 e. The van der Waals surface area contributed by atoms with E-state index in [9.17, 15) is 13.2 Å². The molecule has 2 saturated heterocycles. The molecule has 0 N–H and O–H groups in total. The monoisotopic (exact) mass is 334 g/mol. The van der Waals surface area contributed by atoms with Crippen LogP contribution in [0.3, 0.4) is 0 Å². The first-order chi connectivity index (χ1) is 10.5. The van der Waals surface area contributed by atoms with E-state index in [4.69, 9.17) is 9.47 Å². The Kier molecular flexibility index (Phi) is 6.61. The van der Waals surface area contributed by atoms with Crippen LogP contribution in [0.15, 0.2) is 0 Å². The first-order valence-electron chi connectivity index (χ1n) is 7.98. The zero-order chi connectivity index (χ0) is 16.0. The maximum atomic E-state index is 12.7. The predicted molar refractivity (Wildman–Crippen MR) is 82.0 cm³/mol. The lowest BCUT2D eigenvalue weighted by Crippen LogP contribution is -2.51. The van der Waals surface area contributed by atoms with E-state index in [2.05, 4.69) is 4.90 Å². The molecule has 8 heteroatoms. The van der Waals surface area contributed by atoms with Gasteiger partial charge < -0.3 is 14.4 Å². The molecule has 0 saturated carbocycles. The van der Waals surface area contributed by atoms with Crippen LogP contribution in [0.5, 0.6) is 0 Å². The molecule has 0 radical (unpaired) electrons. The summed E-state index contributed by atoms with van der Waals surface area (Å²) in [6, 6.07) is 0. The van der Waals surface area contributed by atoms with E-state index < -0.39 is 10.0 Å². The van der Waals surface area contributed by atoms with Crippen molar-refractivity contribution >= 4 is 16.0 Å². The average Bonchev–Trinajstić information content (AvgIpc) is 2.54. The lowest BCUT2D eigenvalue weighted by molar-refractivity contribution is -0.143. The van der Waals surface area contributed by atoms with Gasteiger partial charge in [0.05, 0.1) is 31.5 Å². The van der Waals surface area contributed by atoms with Gasteiger partial charge in [0.25, 0.3) is 0 Å². The Bertz CT molecular complexity index is 462. The molecular weight excluding hydrogens is 308 g/mol. The Morgan fingerprint density at radius 2 is 2.00 bits per heavy atom. The van der Waals surface area contributed by atoms with Crippen LogP contribution in [-0.2, 0) is 24.3 Å². The summed E-state index contributed by atoms with van der Waals surface area (Å²) in [5, 5.41) is -0.374. The third kappa shape index (κ3) is 4.65. The Balaban J connectivity index is 1.87. The van der Waals surface area contributed by atoms with Gasteiger partial charge in [0.2, 0.25) is 10.0 Å². The van der Waals surface area contributed by atoms with Crippen LogP contribution in [0.4, 0.5) is 0 Å². The highest BCUT2D eigenvalue weighted by Gasteiger charge is 2.35. The topological polar surface area (TPSA) is 76.2 Å². The molecule has 2 aliphatic heterocycles.